The number of ether oxygens (including phenoxy) is 1. The number of fused-ring (bicyclic) bond motifs is 1. The lowest BCUT2D eigenvalue weighted by Crippen LogP contribution is -2.36. The van der Waals surface area contributed by atoms with Crippen LogP contribution >= 0.6 is 0 Å². The first-order chi connectivity index (χ1) is 14.3. The number of aromatic nitrogens is 3. The van der Waals surface area contributed by atoms with Gasteiger partial charge in [-0.15, -0.1) is 0 Å². The molecule has 1 aliphatic heterocycles. The van der Waals surface area contributed by atoms with Crippen LogP contribution in [-0.2, 0) is 4.74 Å². The van der Waals surface area contributed by atoms with Gasteiger partial charge in [-0.05, 0) is 55.0 Å². The second kappa shape index (κ2) is 7.56. The number of rotatable bonds is 4. The molecule has 29 heavy (non-hydrogen) atoms. The van der Waals surface area contributed by atoms with Crippen LogP contribution in [-0.4, -0.2) is 40.7 Å². The van der Waals surface area contributed by atoms with Crippen molar-refractivity contribution in [3.05, 3.63) is 72.8 Å². The number of benzene rings is 1. The fraction of sp³-hybridized carbons (Fsp3) is 0.217. The highest BCUT2D eigenvalue weighted by molar-refractivity contribution is 5.78. The number of hydrogen-bond acceptors (Lipinski definition) is 5. The lowest BCUT2D eigenvalue weighted by Gasteiger charge is -2.29. The van der Waals surface area contributed by atoms with Gasteiger partial charge in [0.15, 0.2) is 5.65 Å². The Morgan fingerprint density at radius 3 is 2.62 bits per heavy atom. The maximum absolute atomic E-state index is 5.44. The molecule has 1 aromatic carbocycles. The Morgan fingerprint density at radius 1 is 1.00 bits per heavy atom. The average Bonchev–Trinajstić information content (AvgIpc) is 3.26. The Hall–Kier alpha value is -3.38. The van der Waals surface area contributed by atoms with Crippen LogP contribution in [0.5, 0.6) is 0 Å². The number of hydrogen-bond donors (Lipinski definition) is 1. The van der Waals surface area contributed by atoms with Crippen LogP contribution in [0.3, 0.4) is 0 Å². The molecular formula is C23H23N5O. The summed E-state index contributed by atoms with van der Waals surface area (Å²) in [7, 11) is 0. The predicted molar refractivity (Wildman–Crippen MR) is 116 cm³/mol. The Balaban J connectivity index is 1.43. The van der Waals surface area contributed by atoms with Gasteiger partial charge in [0.25, 0.3) is 0 Å². The van der Waals surface area contributed by atoms with Crippen LogP contribution in [0.15, 0.2) is 67.3 Å². The smallest absolute Gasteiger partial charge is 0.161 e. The van der Waals surface area contributed by atoms with Gasteiger partial charge >= 0.3 is 0 Å². The summed E-state index contributed by atoms with van der Waals surface area (Å²) in [5.41, 5.74) is 7.42. The van der Waals surface area contributed by atoms with Crippen molar-refractivity contribution >= 4 is 22.7 Å². The van der Waals surface area contributed by atoms with E-state index in [4.69, 9.17) is 4.74 Å². The standard InChI is InChI=1S/C23H23N5O/c1-17-14-18(16-24-15-17)22-7-6-21(23-25-8-9-28(22)23)26-19-2-4-20(5-3-19)27-10-12-29-13-11-27/h2-9,14-16,26H,10-13H2,1H3. The van der Waals surface area contributed by atoms with Gasteiger partial charge in [0.2, 0.25) is 0 Å². The number of anilines is 3. The molecule has 0 radical (unpaired) electrons. The molecule has 0 amide bonds. The van der Waals surface area contributed by atoms with Crippen molar-refractivity contribution in [1.82, 2.24) is 14.4 Å². The SMILES string of the molecule is Cc1cncc(-c2ccc(Nc3ccc(N4CCOCC4)cc3)c3nccn23)c1. The first-order valence-electron chi connectivity index (χ1n) is 9.86. The highest BCUT2D eigenvalue weighted by Gasteiger charge is 2.12. The van der Waals surface area contributed by atoms with E-state index in [0.29, 0.717) is 0 Å². The van der Waals surface area contributed by atoms with Gasteiger partial charge in [0, 0.05) is 54.8 Å². The largest absolute Gasteiger partial charge is 0.378 e. The minimum Gasteiger partial charge on any atom is -0.378 e. The summed E-state index contributed by atoms with van der Waals surface area (Å²) in [6.45, 7) is 5.52. The van der Waals surface area contributed by atoms with Gasteiger partial charge < -0.3 is 15.0 Å². The number of morpholine rings is 1. The van der Waals surface area contributed by atoms with E-state index < -0.39 is 0 Å². The van der Waals surface area contributed by atoms with E-state index in [2.05, 4.69) is 74.0 Å². The van der Waals surface area contributed by atoms with Crippen molar-refractivity contribution in [2.24, 2.45) is 0 Å². The zero-order valence-corrected chi connectivity index (χ0v) is 16.4. The molecule has 3 aromatic heterocycles. The van der Waals surface area contributed by atoms with Gasteiger partial charge in [0.05, 0.1) is 24.6 Å². The minimum absolute atomic E-state index is 0.792. The summed E-state index contributed by atoms with van der Waals surface area (Å²) in [4.78, 5) is 11.3. The molecule has 146 valence electrons. The minimum atomic E-state index is 0.792. The van der Waals surface area contributed by atoms with Crippen molar-refractivity contribution < 1.29 is 4.74 Å². The van der Waals surface area contributed by atoms with Crippen molar-refractivity contribution in [2.75, 3.05) is 36.5 Å². The first kappa shape index (κ1) is 17.7. The monoisotopic (exact) mass is 385 g/mol. The Bertz CT molecular complexity index is 1130. The van der Waals surface area contributed by atoms with E-state index in [-0.39, 0.29) is 0 Å². The molecule has 0 bridgehead atoms. The van der Waals surface area contributed by atoms with Crippen LogP contribution in [0.2, 0.25) is 0 Å². The highest BCUT2D eigenvalue weighted by Crippen LogP contribution is 2.28. The van der Waals surface area contributed by atoms with Gasteiger partial charge in [-0.2, -0.15) is 0 Å². The van der Waals surface area contributed by atoms with Crippen LogP contribution < -0.4 is 10.2 Å². The van der Waals surface area contributed by atoms with Crippen molar-refractivity contribution in [3.8, 4) is 11.3 Å². The van der Waals surface area contributed by atoms with E-state index >= 15 is 0 Å². The Morgan fingerprint density at radius 2 is 1.83 bits per heavy atom. The molecule has 1 saturated heterocycles. The summed E-state index contributed by atoms with van der Waals surface area (Å²) in [5.74, 6) is 0. The fourth-order valence-corrected chi connectivity index (χ4v) is 3.77. The van der Waals surface area contributed by atoms with Gasteiger partial charge in [-0.3, -0.25) is 9.38 Å². The molecule has 0 saturated carbocycles. The van der Waals surface area contributed by atoms with Gasteiger partial charge in [0.1, 0.15) is 0 Å². The first-order valence-corrected chi connectivity index (χ1v) is 9.86. The van der Waals surface area contributed by atoms with Crippen molar-refractivity contribution in [1.29, 1.82) is 0 Å². The molecule has 0 spiro atoms. The summed E-state index contributed by atoms with van der Waals surface area (Å²) in [5, 5.41) is 3.51. The third kappa shape index (κ3) is 3.54. The van der Waals surface area contributed by atoms with E-state index in [1.54, 1.807) is 0 Å². The van der Waals surface area contributed by atoms with E-state index in [9.17, 15) is 0 Å². The molecule has 1 aliphatic rings. The van der Waals surface area contributed by atoms with E-state index in [0.717, 1.165) is 60.1 Å². The normalized spacial score (nSPS) is 14.3. The molecule has 1 fully saturated rings. The third-order valence-corrected chi connectivity index (χ3v) is 5.24. The lowest BCUT2D eigenvalue weighted by atomic mass is 10.1. The zero-order valence-electron chi connectivity index (χ0n) is 16.4. The molecule has 5 rings (SSSR count). The summed E-state index contributed by atoms with van der Waals surface area (Å²) in [6, 6.07) is 14.9. The average molecular weight is 385 g/mol. The van der Waals surface area contributed by atoms with Crippen LogP contribution in [0.25, 0.3) is 16.9 Å². The van der Waals surface area contributed by atoms with Crippen LogP contribution in [0, 0.1) is 6.92 Å². The molecule has 0 atom stereocenters. The number of nitrogens with one attached hydrogen (secondary N) is 1. The topological polar surface area (TPSA) is 54.7 Å². The lowest BCUT2D eigenvalue weighted by molar-refractivity contribution is 0.122. The van der Waals surface area contributed by atoms with E-state index in [1.807, 2.05) is 24.8 Å². The molecule has 4 aromatic rings. The maximum atomic E-state index is 5.44. The Kier molecular flexibility index (Phi) is 4.62. The van der Waals surface area contributed by atoms with Crippen LogP contribution in [0.1, 0.15) is 5.56 Å². The second-order valence-electron chi connectivity index (χ2n) is 7.28. The fourth-order valence-electron chi connectivity index (χ4n) is 3.77. The molecule has 0 unspecified atom stereocenters. The maximum Gasteiger partial charge on any atom is 0.161 e. The van der Waals surface area contributed by atoms with E-state index in [1.165, 1.54) is 5.69 Å². The quantitative estimate of drug-likeness (QED) is 0.568. The summed E-state index contributed by atoms with van der Waals surface area (Å²) in [6.07, 6.45) is 7.57. The van der Waals surface area contributed by atoms with Gasteiger partial charge in [-0.1, -0.05) is 0 Å². The zero-order chi connectivity index (χ0) is 19.6. The van der Waals surface area contributed by atoms with Gasteiger partial charge in [-0.25, -0.2) is 4.98 Å². The molecule has 1 N–H and O–H groups in total. The molecule has 6 nitrogen and oxygen atoms in total. The molecular weight excluding hydrogens is 362 g/mol. The number of imidazole rings is 1. The second-order valence-corrected chi connectivity index (χ2v) is 7.28. The molecule has 4 heterocycles. The Labute approximate surface area is 169 Å². The predicted octanol–water partition coefficient (Wildman–Crippen LogP) is 4.28. The molecule has 0 aliphatic carbocycles. The highest BCUT2D eigenvalue weighted by atomic mass is 16.5. The summed E-state index contributed by atoms with van der Waals surface area (Å²) >= 11 is 0. The third-order valence-electron chi connectivity index (χ3n) is 5.24. The molecule has 6 heteroatoms. The number of aryl methyl sites for hydroxylation is 1. The van der Waals surface area contributed by atoms with Crippen molar-refractivity contribution in [2.45, 2.75) is 6.92 Å². The van der Waals surface area contributed by atoms with Crippen molar-refractivity contribution in [3.63, 3.8) is 0 Å². The number of pyridine rings is 2. The van der Waals surface area contributed by atoms with Crippen LogP contribution in [0.4, 0.5) is 17.1 Å². The number of nitrogens with zero attached hydrogens (tertiary/aromatic N) is 4. The summed E-state index contributed by atoms with van der Waals surface area (Å²) < 4.78 is 7.54.